The summed E-state index contributed by atoms with van der Waals surface area (Å²) >= 11 is 0. The van der Waals surface area contributed by atoms with E-state index >= 15 is 0 Å². The Morgan fingerprint density at radius 3 is 2.70 bits per heavy atom. The molecule has 0 unspecified atom stereocenters. The van der Waals surface area contributed by atoms with Crippen molar-refractivity contribution in [1.82, 2.24) is 9.97 Å². The predicted octanol–water partition coefficient (Wildman–Crippen LogP) is 3.07. The van der Waals surface area contributed by atoms with Gasteiger partial charge in [-0.3, -0.25) is 15.1 Å². The van der Waals surface area contributed by atoms with Gasteiger partial charge in [0.25, 0.3) is 0 Å². The molecule has 1 aliphatic heterocycles. The van der Waals surface area contributed by atoms with Gasteiger partial charge in [0.15, 0.2) is 5.78 Å². The van der Waals surface area contributed by atoms with E-state index < -0.39 is 23.5 Å². The summed E-state index contributed by atoms with van der Waals surface area (Å²) < 4.78 is 38.3. The molecule has 2 N–H and O–H groups in total. The fraction of sp³-hybridized carbons (Fsp3) is 0.200. The maximum absolute atomic E-state index is 14.5. The van der Waals surface area contributed by atoms with Crippen molar-refractivity contribution in [3.63, 3.8) is 0 Å². The van der Waals surface area contributed by atoms with E-state index in [2.05, 4.69) is 20.3 Å². The number of halogens is 2. The molecule has 0 bridgehead atoms. The first kappa shape index (κ1) is 19.6. The molecule has 3 aromatic rings. The Morgan fingerprint density at radius 1 is 1.17 bits per heavy atom. The molecule has 154 valence electrons. The van der Waals surface area contributed by atoms with E-state index in [4.69, 9.17) is 9.47 Å². The van der Waals surface area contributed by atoms with Crippen molar-refractivity contribution in [3.8, 4) is 0 Å². The quantitative estimate of drug-likeness (QED) is 0.625. The minimum absolute atomic E-state index is 0.0901. The number of hydrogen-bond donors (Lipinski definition) is 2. The molecule has 2 heterocycles. The first-order valence-electron chi connectivity index (χ1n) is 8.97. The molecule has 0 saturated heterocycles. The SMILES string of the molecule is COCCOC(=O)Nc1nc2ccc(C3=NCC(=O)c4c(F)ccc(F)c43)cc2[nH]1. The normalized spacial score (nSPS) is 13.2. The highest BCUT2D eigenvalue weighted by atomic mass is 19.1. The summed E-state index contributed by atoms with van der Waals surface area (Å²) in [6.07, 6.45) is -0.701. The number of ketones is 1. The van der Waals surface area contributed by atoms with Gasteiger partial charge in [-0.15, -0.1) is 0 Å². The summed E-state index contributed by atoms with van der Waals surface area (Å²) in [6.45, 7) is 0.0801. The van der Waals surface area contributed by atoms with E-state index in [9.17, 15) is 18.4 Å². The average molecular weight is 414 g/mol. The number of methoxy groups -OCH3 is 1. The number of H-pyrrole nitrogens is 1. The van der Waals surface area contributed by atoms with Crippen LogP contribution in [0.1, 0.15) is 21.5 Å². The first-order valence-corrected chi connectivity index (χ1v) is 8.97. The minimum Gasteiger partial charge on any atom is -0.447 e. The minimum atomic E-state index is -0.787. The number of Topliss-reactive ketones (excluding diaryl/α,β-unsaturated/α-hetero) is 1. The Kier molecular flexibility index (Phi) is 5.23. The topological polar surface area (TPSA) is 106 Å². The lowest BCUT2D eigenvalue weighted by Gasteiger charge is -2.17. The van der Waals surface area contributed by atoms with E-state index in [1.807, 2.05) is 0 Å². The number of ether oxygens (including phenoxy) is 2. The number of aromatic amines is 1. The fourth-order valence-electron chi connectivity index (χ4n) is 3.17. The smallest absolute Gasteiger partial charge is 0.414 e. The molecule has 2 aromatic carbocycles. The van der Waals surface area contributed by atoms with Gasteiger partial charge in [0, 0.05) is 18.2 Å². The lowest BCUT2D eigenvalue weighted by atomic mass is 9.91. The lowest BCUT2D eigenvalue weighted by Crippen LogP contribution is -2.23. The van der Waals surface area contributed by atoms with Gasteiger partial charge in [-0.25, -0.2) is 18.6 Å². The molecule has 0 saturated carbocycles. The number of benzene rings is 2. The number of fused-ring (bicyclic) bond motifs is 2. The Morgan fingerprint density at radius 2 is 1.93 bits per heavy atom. The second-order valence-corrected chi connectivity index (χ2v) is 6.44. The number of amides is 1. The van der Waals surface area contributed by atoms with E-state index in [0.717, 1.165) is 12.1 Å². The van der Waals surface area contributed by atoms with Gasteiger partial charge in [-0.05, 0) is 24.3 Å². The molecule has 30 heavy (non-hydrogen) atoms. The molecule has 4 rings (SSSR count). The van der Waals surface area contributed by atoms with Crippen LogP contribution in [0.4, 0.5) is 19.5 Å². The highest BCUT2D eigenvalue weighted by Gasteiger charge is 2.28. The largest absolute Gasteiger partial charge is 0.447 e. The van der Waals surface area contributed by atoms with Crippen LogP contribution < -0.4 is 5.32 Å². The van der Waals surface area contributed by atoms with Crippen molar-refractivity contribution in [3.05, 3.63) is 58.7 Å². The number of nitrogens with one attached hydrogen (secondary N) is 2. The summed E-state index contributed by atoms with van der Waals surface area (Å²) in [6, 6.07) is 6.79. The number of carbonyl (C=O) groups excluding carboxylic acids is 2. The van der Waals surface area contributed by atoms with Crippen LogP contribution in [0.2, 0.25) is 0 Å². The number of carbonyl (C=O) groups is 2. The zero-order valence-corrected chi connectivity index (χ0v) is 15.8. The average Bonchev–Trinajstić information content (AvgIpc) is 3.12. The van der Waals surface area contributed by atoms with Crippen LogP contribution >= 0.6 is 0 Å². The van der Waals surface area contributed by atoms with Crippen LogP contribution in [-0.2, 0) is 9.47 Å². The number of hydrogen-bond acceptors (Lipinski definition) is 6. The zero-order valence-electron chi connectivity index (χ0n) is 15.8. The molecule has 0 radical (unpaired) electrons. The Hall–Kier alpha value is -3.66. The Bertz CT molecular complexity index is 1190. The highest BCUT2D eigenvalue weighted by Crippen LogP contribution is 2.27. The van der Waals surface area contributed by atoms with Gasteiger partial charge >= 0.3 is 6.09 Å². The Balaban J connectivity index is 1.65. The highest BCUT2D eigenvalue weighted by molar-refractivity contribution is 6.22. The molecule has 0 atom stereocenters. The lowest BCUT2D eigenvalue weighted by molar-refractivity contribution is 0.0995. The summed E-state index contributed by atoms with van der Waals surface area (Å²) in [5.41, 5.74) is 1.23. The third-order valence-corrected chi connectivity index (χ3v) is 4.50. The van der Waals surface area contributed by atoms with Gasteiger partial charge < -0.3 is 14.5 Å². The van der Waals surface area contributed by atoms with Crippen LogP contribution in [-0.4, -0.2) is 54.4 Å². The van der Waals surface area contributed by atoms with Gasteiger partial charge in [0.05, 0.1) is 28.9 Å². The standard InChI is InChI=1S/C20H16F2N4O4/c1-29-6-7-30-20(28)26-19-24-13-5-2-10(8-14(13)25-19)18-17-12(22)4-3-11(21)16(17)15(27)9-23-18/h2-5,8H,6-7,9H2,1H3,(H2,24,25,26,28). The fourth-order valence-corrected chi connectivity index (χ4v) is 3.17. The number of aromatic nitrogens is 2. The molecule has 1 amide bonds. The molecule has 0 spiro atoms. The van der Waals surface area contributed by atoms with Gasteiger partial charge in [0.2, 0.25) is 5.95 Å². The maximum atomic E-state index is 14.5. The van der Waals surface area contributed by atoms with Crippen LogP contribution in [0.15, 0.2) is 35.3 Å². The van der Waals surface area contributed by atoms with Gasteiger partial charge in [0.1, 0.15) is 24.8 Å². The molecule has 0 fully saturated rings. The summed E-state index contributed by atoms with van der Waals surface area (Å²) in [5, 5.41) is 2.46. The van der Waals surface area contributed by atoms with Crippen molar-refractivity contribution < 1.29 is 27.8 Å². The number of imidazole rings is 1. The number of anilines is 1. The molecule has 1 aromatic heterocycles. The van der Waals surface area contributed by atoms with E-state index in [0.29, 0.717) is 16.6 Å². The predicted molar refractivity (Wildman–Crippen MR) is 104 cm³/mol. The Labute approximate surface area is 168 Å². The van der Waals surface area contributed by atoms with Crippen molar-refractivity contribution in [2.24, 2.45) is 4.99 Å². The van der Waals surface area contributed by atoms with E-state index in [1.54, 1.807) is 18.2 Å². The molecule has 0 aliphatic carbocycles. The van der Waals surface area contributed by atoms with Crippen molar-refractivity contribution in [2.45, 2.75) is 0 Å². The number of nitrogens with zero attached hydrogens (tertiary/aromatic N) is 2. The van der Waals surface area contributed by atoms with Crippen LogP contribution in [0.25, 0.3) is 11.0 Å². The van der Waals surface area contributed by atoms with Crippen LogP contribution in [0, 0.1) is 11.6 Å². The second kappa shape index (κ2) is 7.99. The molecule has 8 nitrogen and oxygen atoms in total. The molecular formula is C20H16F2N4O4. The third kappa shape index (κ3) is 3.64. The number of aliphatic imine (C=N–C) groups is 1. The van der Waals surface area contributed by atoms with Crippen molar-refractivity contribution >= 4 is 34.6 Å². The zero-order chi connectivity index (χ0) is 21.3. The third-order valence-electron chi connectivity index (χ3n) is 4.50. The van der Waals surface area contributed by atoms with Crippen LogP contribution in [0.3, 0.4) is 0 Å². The maximum Gasteiger partial charge on any atom is 0.414 e. The molecule has 10 heteroatoms. The van der Waals surface area contributed by atoms with E-state index in [1.165, 1.54) is 7.11 Å². The van der Waals surface area contributed by atoms with Crippen LogP contribution in [0.5, 0.6) is 0 Å². The van der Waals surface area contributed by atoms with Crippen molar-refractivity contribution in [2.75, 3.05) is 32.2 Å². The van der Waals surface area contributed by atoms with Gasteiger partial charge in [-0.1, -0.05) is 6.07 Å². The molecule has 1 aliphatic rings. The molecular weight excluding hydrogens is 398 g/mol. The first-order chi connectivity index (χ1) is 14.5. The summed E-state index contributed by atoms with van der Waals surface area (Å²) in [4.78, 5) is 35.1. The summed E-state index contributed by atoms with van der Waals surface area (Å²) in [7, 11) is 1.49. The number of rotatable bonds is 5. The second-order valence-electron chi connectivity index (χ2n) is 6.44. The monoisotopic (exact) mass is 414 g/mol. The summed E-state index contributed by atoms with van der Waals surface area (Å²) in [5.74, 6) is -1.94. The van der Waals surface area contributed by atoms with E-state index in [-0.39, 0.29) is 42.5 Å². The van der Waals surface area contributed by atoms with Gasteiger partial charge in [-0.2, -0.15) is 0 Å². The van der Waals surface area contributed by atoms with Crippen molar-refractivity contribution in [1.29, 1.82) is 0 Å².